The number of benzene rings is 2. The van der Waals surface area contributed by atoms with Crippen LogP contribution >= 0.6 is 11.3 Å². The molecule has 5 N–H and O–H groups in total. The van der Waals surface area contributed by atoms with Crippen molar-refractivity contribution in [3.8, 4) is 17.7 Å². The number of amides is 6. The molecule has 2 aromatic carbocycles. The van der Waals surface area contributed by atoms with Gasteiger partial charge in [-0.3, -0.25) is 53.8 Å². The number of imide groups is 2. The number of ether oxygens (including phenoxy) is 2. The Balaban J connectivity index is 0.928. The van der Waals surface area contributed by atoms with E-state index in [-0.39, 0.29) is 83.2 Å². The normalized spacial score (nSPS) is 14.8. The maximum atomic E-state index is 13.2. The van der Waals surface area contributed by atoms with Crippen LogP contribution < -0.4 is 30.7 Å². The molecule has 0 spiro atoms. The third-order valence-electron chi connectivity index (χ3n) is 8.64. The molecule has 61 heavy (non-hydrogen) atoms. The van der Waals surface area contributed by atoms with Gasteiger partial charge in [0.2, 0.25) is 29.4 Å². The highest BCUT2D eigenvalue weighted by atomic mass is 32.2. The number of rotatable bonds is 16. The fourth-order valence-electron chi connectivity index (χ4n) is 5.83. The third-order valence-corrected chi connectivity index (χ3v) is 11.0. The Hall–Kier alpha value is -7.55. The van der Waals surface area contributed by atoms with Crippen molar-refractivity contribution in [1.29, 1.82) is 0 Å². The van der Waals surface area contributed by atoms with Gasteiger partial charge in [0.15, 0.2) is 0 Å². The van der Waals surface area contributed by atoms with Gasteiger partial charge in [-0.25, -0.2) is 13.4 Å². The number of nitro groups is 1. The van der Waals surface area contributed by atoms with Gasteiger partial charge in [0.05, 0.1) is 47.4 Å². The number of piperidine rings is 1. The molecule has 1 atom stereocenters. The van der Waals surface area contributed by atoms with Crippen LogP contribution in [0.2, 0.25) is 0 Å². The summed E-state index contributed by atoms with van der Waals surface area (Å²) < 4.78 is 39.1. The molecule has 314 valence electrons. The Labute approximate surface area is 350 Å². The van der Waals surface area contributed by atoms with E-state index in [1.165, 1.54) is 67.9 Å². The largest absolute Gasteiger partial charge is 0.478 e. The van der Waals surface area contributed by atoms with E-state index in [1.54, 1.807) is 12.1 Å². The summed E-state index contributed by atoms with van der Waals surface area (Å²) in [5, 5.41) is 21.1. The molecule has 2 aromatic heterocycles. The van der Waals surface area contributed by atoms with Crippen molar-refractivity contribution in [2.75, 3.05) is 48.8 Å². The Kier molecular flexibility index (Phi) is 13.4. The first kappa shape index (κ1) is 43.0. The van der Waals surface area contributed by atoms with Crippen LogP contribution in [0, 0.1) is 22.0 Å². The molecule has 0 radical (unpaired) electrons. The Morgan fingerprint density at radius 3 is 2.61 bits per heavy atom. The zero-order valence-corrected chi connectivity index (χ0v) is 33.4. The molecule has 0 saturated carbocycles. The molecule has 6 rings (SSSR count). The first-order valence-electron chi connectivity index (χ1n) is 17.9. The lowest BCUT2D eigenvalue weighted by atomic mass is 10.0. The lowest BCUT2D eigenvalue weighted by Gasteiger charge is -2.27. The van der Waals surface area contributed by atoms with Gasteiger partial charge in [0.25, 0.3) is 27.7 Å². The second kappa shape index (κ2) is 19.0. The first-order valence-corrected chi connectivity index (χ1v) is 20.2. The fraction of sp³-hybridized carbons (Fsp3) is 0.211. The van der Waals surface area contributed by atoms with Crippen molar-refractivity contribution in [2.24, 2.45) is 0 Å². The molecule has 1 unspecified atom stereocenters. The Morgan fingerprint density at radius 1 is 1.10 bits per heavy atom. The molecule has 0 aliphatic carbocycles. The van der Waals surface area contributed by atoms with E-state index in [2.05, 4.69) is 47.8 Å². The summed E-state index contributed by atoms with van der Waals surface area (Å²) in [6.07, 6.45) is 3.84. The summed E-state index contributed by atoms with van der Waals surface area (Å²) in [6, 6.07) is 11.6. The number of nitrogens with zero attached hydrogens (tertiary/aromatic N) is 4. The molecule has 4 aromatic rings. The second-order valence-corrected chi connectivity index (χ2v) is 15.5. The van der Waals surface area contributed by atoms with Crippen LogP contribution in [0.5, 0.6) is 5.88 Å². The van der Waals surface area contributed by atoms with E-state index < -0.39 is 56.4 Å². The van der Waals surface area contributed by atoms with Gasteiger partial charge < -0.3 is 25.4 Å². The lowest BCUT2D eigenvalue weighted by Crippen LogP contribution is -2.54. The summed E-state index contributed by atoms with van der Waals surface area (Å²) in [7, 11) is -2.93. The van der Waals surface area contributed by atoms with Crippen LogP contribution in [0.15, 0.2) is 71.8 Å². The topological polar surface area (TPSA) is 287 Å². The number of nitrogens with one attached hydrogen (secondary N) is 5. The minimum atomic E-state index is -4.19. The Bertz CT molecular complexity index is 2640. The van der Waals surface area contributed by atoms with Crippen LogP contribution in [0.25, 0.3) is 6.08 Å². The highest BCUT2D eigenvalue weighted by Gasteiger charge is 2.45. The quantitative estimate of drug-likeness (QED) is 0.0268. The zero-order chi connectivity index (χ0) is 43.7. The first-order chi connectivity index (χ1) is 29.2. The van der Waals surface area contributed by atoms with Gasteiger partial charge in [-0.1, -0.05) is 23.3 Å². The second-order valence-electron chi connectivity index (χ2n) is 12.7. The molecule has 0 bridgehead atoms. The SMILES string of the molecule is COc1nc(C#CCNC(=O)COCCNc2cccc3c2C(=O)N(C2CCC(=O)NC2=O)C3=O)cnc1NS(=O)(=O)c1ccc(NC(=O)/C=C/c2ccc([N+](=O)[O-])s2)cc1. The van der Waals surface area contributed by atoms with Gasteiger partial charge in [-0.15, -0.1) is 0 Å². The maximum Gasteiger partial charge on any atom is 0.324 e. The van der Waals surface area contributed by atoms with E-state index in [1.807, 2.05) is 0 Å². The van der Waals surface area contributed by atoms with E-state index in [0.29, 0.717) is 10.6 Å². The standard InChI is InChI=1S/C38H33N9O12S2/c1-58-36-34(45-61(56,57)25-11-7-22(8-12-25)42-29(48)14-9-24-10-16-32(60-24)47(54)55)41-20-23(43-36)4-3-17-40-31(50)21-59-19-18-39-27-6-2-5-26-33(27)38(53)46(37(26)52)28-13-15-30(49)44-35(28)51/h2,5-12,14,16,20,28,39H,13,15,17-19,21H2,1H3,(H,40,50)(H,41,45)(H,42,48)(H,44,49,51)/b14-9+. The molecule has 2 aliphatic rings. The molecule has 1 saturated heterocycles. The number of thiophene rings is 1. The van der Waals surface area contributed by atoms with Crippen molar-refractivity contribution in [2.45, 2.75) is 23.8 Å². The highest BCUT2D eigenvalue weighted by Crippen LogP contribution is 2.32. The van der Waals surface area contributed by atoms with Crippen LogP contribution in [-0.2, 0) is 33.9 Å². The summed E-state index contributed by atoms with van der Waals surface area (Å²) in [5.74, 6) is 1.48. The minimum absolute atomic E-state index is 0.00303. The maximum absolute atomic E-state index is 13.2. The van der Waals surface area contributed by atoms with Crippen LogP contribution in [0.1, 0.15) is 44.1 Å². The molecule has 2 aliphatic heterocycles. The number of hydrogen-bond acceptors (Lipinski definition) is 16. The van der Waals surface area contributed by atoms with Crippen molar-refractivity contribution < 1.29 is 51.6 Å². The third kappa shape index (κ3) is 10.6. The number of sulfonamides is 1. The van der Waals surface area contributed by atoms with E-state index in [4.69, 9.17) is 9.47 Å². The summed E-state index contributed by atoms with van der Waals surface area (Å²) in [4.78, 5) is 94.4. The summed E-state index contributed by atoms with van der Waals surface area (Å²) >= 11 is 0.904. The van der Waals surface area contributed by atoms with E-state index >= 15 is 0 Å². The van der Waals surface area contributed by atoms with Crippen molar-refractivity contribution in [3.05, 3.63) is 98.7 Å². The molecule has 23 heteroatoms. The monoisotopic (exact) mass is 871 g/mol. The molecule has 6 amide bonds. The number of fused-ring (bicyclic) bond motifs is 1. The Morgan fingerprint density at radius 2 is 1.89 bits per heavy atom. The predicted molar refractivity (Wildman–Crippen MR) is 217 cm³/mol. The average Bonchev–Trinajstić information content (AvgIpc) is 3.82. The van der Waals surface area contributed by atoms with Gasteiger partial charge in [0.1, 0.15) is 18.3 Å². The molecular weight excluding hydrogens is 839 g/mol. The number of methoxy groups -OCH3 is 1. The minimum Gasteiger partial charge on any atom is -0.478 e. The van der Waals surface area contributed by atoms with Crippen molar-refractivity contribution >= 4 is 85.1 Å². The average molecular weight is 872 g/mol. The van der Waals surface area contributed by atoms with Crippen molar-refractivity contribution in [3.63, 3.8) is 0 Å². The van der Waals surface area contributed by atoms with Crippen molar-refractivity contribution in [1.82, 2.24) is 25.5 Å². The molecule has 1 fully saturated rings. The summed E-state index contributed by atoms with van der Waals surface area (Å²) in [5.41, 5.74) is 0.956. The van der Waals surface area contributed by atoms with Crippen LogP contribution in [0.3, 0.4) is 0 Å². The van der Waals surface area contributed by atoms with Crippen LogP contribution in [-0.4, -0.2) is 103 Å². The predicted octanol–water partition coefficient (Wildman–Crippen LogP) is 1.91. The van der Waals surface area contributed by atoms with Gasteiger partial charge in [-0.05, 0) is 60.9 Å². The highest BCUT2D eigenvalue weighted by molar-refractivity contribution is 7.92. The number of anilines is 3. The number of hydrogen-bond donors (Lipinski definition) is 5. The fourth-order valence-corrected chi connectivity index (χ4v) is 7.56. The number of aromatic nitrogens is 2. The number of carbonyl (C=O) groups is 6. The van der Waals surface area contributed by atoms with E-state index in [0.717, 1.165) is 16.2 Å². The molecule has 4 heterocycles. The number of carbonyl (C=O) groups excluding carboxylic acids is 6. The summed E-state index contributed by atoms with van der Waals surface area (Å²) in [6.45, 7) is -0.207. The van der Waals surface area contributed by atoms with Crippen LogP contribution in [0.4, 0.5) is 22.2 Å². The van der Waals surface area contributed by atoms with Gasteiger partial charge in [0, 0.05) is 41.4 Å². The molecular formula is C38H33N9O12S2. The zero-order valence-electron chi connectivity index (χ0n) is 31.8. The van der Waals surface area contributed by atoms with Gasteiger partial charge in [-0.2, -0.15) is 4.98 Å². The van der Waals surface area contributed by atoms with Gasteiger partial charge >= 0.3 is 5.00 Å². The smallest absolute Gasteiger partial charge is 0.324 e. The molecule has 21 nitrogen and oxygen atoms in total. The lowest BCUT2D eigenvalue weighted by molar-refractivity contribution is -0.380. The van der Waals surface area contributed by atoms with E-state index in [9.17, 15) is 47.3 Å².